The maximum absolute atomic E-state index is 13.2. The van der Waals surface area contributed by atoms with Crippen molar-refractivity contribution in [3.05, 3.63) is 60.4 Å². The lowest BCUT2D eigenvalue weighted by Crippen LogP contribution is -2.50. The van der Waals surface area contributed by atoms with Gasteiger partial charge in [0.1, 0.15) is 0 Å². The Morgan fingerprint density at radius 3 is 2.69 bits per heavy atom. The van der Waals surface area contributed by atoms with Crippen molar-refractivity contribution in [2.45, 2.75) is 56.3 Å². The molecule has 6 nitrogen and oxygen atoms in total. The van der Waals surface area contributed by atoms with Crippen molar-refractivity contribution in [1.82, 2.24) is 24.6 Å². The molecule has 1 aliphatic heterocycles. The van der Waals surface area contributed by atoms with Crippen LogP contribution in [0.15, 0.2) is 60.0 Å². The fourth-order valence-corrected chi connectivity index (χ4v) is 5.98. The number of amides is 1. The van der Waals surface area contributed by atoms with Crippen LogP contribution in [0.2, 0.25) is 0 Å². The highest BCUT2D eigenvalue weighted by Gasteiger charge is 2.35. The zero-order chi connectivity index (χ0) is 21.8. The molecule has 7 heteroatoms. The molecule has 1 saturated heterocycles. The Hall–Kier alpha value is -2.67. The zero-order valence-electron chi connectivity index (χ0n) is 18.3. The molecule has 3 aromatic rings. The summed E-state index contributed by atoms with van der Waals surface area (Å²) >= 11 is 1.50. The smallest absolute Gasteiger partial charge is 0.233 e. The molecule has 3 heterocycles. The molecule has 166 valence electrons. The second kappa shape index (κ2) is 9.86. The van der Waals surface area contributed by atoms with E-state index in [4.69, 9.17) is 0 Å². The Kier molecular flexibility index (Phi) is 6.53. The Balaban J connectivity index is 1.35. The molecule has 2 atom stereocenters. The van der Waals surface area contributed by atoms with E-state index >= 15 is 0 Å². The van der Waals surface area contributed by atoms with Gasteiger partial charge in [0.05, 0.1) is 12.3 Å². The molecule has 1 amide bonds. The first kappa shape index (κ1) is 21.2. The van der Waals surface area contributed by atoms with Crippen LogP contribution in [0.4, 0.5) is 0 Å². The summed E-state index contributed by atoms with van der Waals surface area (Å²) in [6.07, 6.45) is 11.0. The zero-order valence-corrected chi connectivity index (χ0v) is 19.1. The molecule has 0 unspecified atom stereocenters. The van der Waals surface area contributed by atoms with Gasteiger partial charge in [-0.3, -0.25) is 14.3 Å². The number of rotatable bonds is 6. The topological polar surface area (TPSA) is 63.9 Å². The van der Waals surface area contributed by atoms with E-state index in [0.29, 0.717) is 24.3 Å². The summed E-state index contributed by atoms with van der Waals surface area (Å²) in [5.74, 6) is 2.12. The van der Waals surface area contributed by atoms with E-state index in [9.17, 15) is 4.79 Å². The van der Waals surface area contributed by atoms with E-state index in [0.717, 1.165) is 35.9 Å². The number of thioether (sulfide) groups is 1. The van der Waals surface area contributed by atoms with Gasteiger partial charge >= 0.3 is 0 Å². The number of fused-ring (bicyclic) bond motifs is 1. The number of benzene rings is 1. The minimum absolute atomic E-state index is 0.240. The van der Waals surface area contributed by atoms with Gasteiger partial charge in [0.2, 0.25) is 5.91 Å². The molecular formula is C25H29N5OS. The third kappa shape index (κ3) is 4.58. The first-order chi connectivity index (χ1) is 15.8. The lowest BCUT2D eigenvalue weighted by atomic mass is 9.78. The van der Waals surface area contributed by atoms with E-state index in [1.165, 1.54) is 43.0 Å². The van der Waals surface area contributed by atoms with Gasteiger partial charge in [0.15, 0.2) is 11.0 Å². The lowest BCUT2D eigenvalue weighted by Gasteiger charge is -2.44. The highest BCUT2D eigenvalue weighted by Crippen LogP contribution is 2.36. The van der Waals surface area contributed by atoms with Crippen LogP contribution in [0.5, 0.6) is 0 Å². The van der Waals surface area contributed by atoms with Crippen LogP contribution in [0.25, 0.3) is 11.4 Å². The summed E-state index contributed by atoms with van der Waals surface area (Å²) in [5.41, 5.74) is 2.10. The van der Waals surface area contributed by atoms with E-state index in [2.05, 4.69) is 36.8 Å². The fraction of sp³-hybridized carbons (Fsp3) is 0.440. The van der Waals surface area contributed by atoms with Crippen molar-refractivity contribution >= 4 is 17.7 Å². The van der Waals surface area contributed by atoms with Gasteiger partial charge in [-0.1, -0.05) is 54.9 Å². The minimum atomic E-state index is 0.240. The van der Waals surface area contributed by atoms with Gasteiger partial charge in [-0.15, -0.1) is 10.2 Å². The van der Waals surface area contributed by atoms with Gasteiger partial charge < -0.3 is 4.90 Å². The summed E-state index contributed by atoms with van der Waals surface area (Å²) in [5, 5.41) is 9.71. The predicted molar refractivity (Wildman–Crippen MR) is 126 cm³/mol. The monoisotopic (exact) mass is 447 g/mol. The fourth-order valence-electron chi connectivity index (χ4n) is 5.16. The van der Waals surface area contributed by atoms with Crippen LogP contribution in [0.3, 0.4) is 0 Å². The van der Waals surface area contributed by atoms with Crippen LogP contribution >= 0.6 is 11.8 Å². The summed E-state index contributed by atoms with van der Waals surface area (Å²) in [6.45, 7) is 1.56. The van der Waals surface area contributed by atoms with Crippen molar-refractivity contribution in [3.8, 4) is 11.4 Å². The average Bonchev–Trinajstić information content (AvgIpc) is 3.25. The molecule has 0 spiro atoms. The number of pyridine rings is 1. The number of nitrogens with zero attached hydrogens (tertiary/aromatic N) is 5. The number of likely N-dealkylation sites (tertiary alicyclic amines) is 1. The molecule has 2 fully saturated rings. The van der Waals surface area contributed by atoms with Gasteiger partial charge in [-0.25, -0.2) is 0 Å². The molecule has 1 aliphatic carbocycles. The highest BCUT2D eigenvalue weighted by molar-refractivity contribution is 7.99. The lowest BCUT2D eigenvalue weighted by molar-refractivity contribution is -0.134. The first-order valence-corrected chi connectivity index (χ1v) is 12.6. The van der Waals surface area contributed by atoms with E-state index in [1.807, 2.05) is 36.5 Å². The molecule has 0 bridgehead atoms. The molecule has 5 rings (SSSR count). The molecule has 0 N–H and O–H groups in total. The van der Waals surface area contributed by atoms with Gasteiger partial charge in [0.25, 0.3) is 0 Å². The number of hydrogen-bond donors (Lipinski definition) is 0. The number of aromatic nitrogens is 4. The summed E-state index contributed by atoms with van der Waals surface area (Å²) in [4.78, 5) is 19.6. The van der Waals surface area contributed by atoms with Crippen LogP contribution in [-0.2, 0) is 11.3 Å². The number of carbonyl (C=O) groups is 1. The van der Waals surface area contributed by atoms with Crippen molar-refractivity contribution in [1.29, 1.82) is 0 Å². The summed E-state index contributed by atoms with van der Waals surface area (Å²) in [6, 6.07) is 14.6. The predicted octanol–water partition coefficient (Wildman–Crippen LogP) is 4.66. The second-order valence-corrected chi connectivity index (χ2v) is 9.69. The maximum atomic E-state index is 13.2. The number of hydrogen-bond acceptors (Lipinski definition) is 5. The number of carbonyl (C=O) groups excluding carboxylic acids is 1. The Labute approximate surface area is 193 Å². The average molecular weight is 448 g/mol. The largest absolute Gasteiger partial charge is 0.339 e. The van der Waals surface area contributed by atoms with Gasteiger partial charge in [0, 0.05) is 30.5 Å². The molecule has 1 aromatic carbocycles. The molecule has 0 radical (unpaired) electrons. The molecule has 1 saturated carbocycles. The molecular weight excluding hydrogens is 418 g/mol. The van der Waals surface area contributed by atoms with Crippen molar-refractivity contribution in [2.24, 2.45) is 5.92 Å². The molecule has 2 aromatic heterocycles. The van der Waals surface area contributed by atoms with E-state index in [1.54, 1.807) is 6.20 Å². The van der Waals surface area contributed by atoms with Crippen molar-refractivity contribution in [3.63, 3.8) is 0 Å². The third-order valence-corrected chi connectivity index (χ3v) is 7.66. The Bertz CT molecular complexity index is 1040. The molecule has 2 aliphatic rings. The van der Waals surface area contributed by atoms with Gasteiger partial charge in [-0.05, 0) is 49.3 Å². The Morgan fingerprint density at radius 2 is 1.84 bits per heavy atom. The van der Waals surface area contributed by atoms with Gasteiger partial charge in [-0.2, -0.15) is 0 Å². The summed E-state index contributed by atoms with van der Waals surface area (Å²) in [7, 11) is 0. The normalized spacial score (nSPS) is 20.7. The quantitative estimate of drug-likeness (QED) is 0.514. The standard InChI is InChI=1S/C25H29N5OS/c31-23(29-15-7-12-20-10-4-5-13-22(20)29)18-32-25-28-27-24(21-11-6-14-26-16-21)30(25)17-19-8-2-1-3-9-19/h1-3,6,8-9,11,14,16,20,22H,4-5,7,10,12-13,15,17-18H2/t20-,22+/m0/s1. The van der Waals surface area contributed by atoms with Crippen molar-refractivity contribution < 1.29 is 4.79 Å². The first-order valence-electron chi connectivity index (χ1n) is 11.6. The van der Waals surface area contributed by atoms with Crippen LogP contribution in [0.1, 0.15) is 44.1 Å². The summed E-state index contributed by atoms with van der Waals surface area (Å²) < 4.78 is 2.10. The van der Waals surface area contributed by atoms with Crippen molar-refractivity contribution in [2.75, 3.05) is 12.3 Å². The molecule has 32 heavy (non-hydrogen) atoms. The minimum Gasteiger partial charge on any atom is -0.339 e. The maximum Gasteiger partial charge on any atom is 0.233 e. The van der Waals surface area contributed by atoms with E-state index in [-0.39, 0.29) is 5.91 Å². The highest BCUT2D eigenvalue weighted by atomic mass is 32.2. The van der Waals surface area contributed by atoms with Crippen LogP contribution in [-0.4, -0.2) is 48.9 Å². The SMILES string of the molecule is O=C(CSc1nnc(-c2cccnc2)n1Cc1ccccc1)N1CCC[C@@H]2CCCC[C@H]21. The number of piperidine rings is 1. The van der Waals surface area contributed by atoms with Crippen LogP contribution in [0, 0.1) is 5.92 Å². The third-order valence-electron chi connectivity index (χ3n) is 6.71. The van der Waals surface area contributed by atoms with E-state index < -0.39 is 0 Å². The Morgan fingerprint density at radius 1 is 1.00 bits per heavy atom. The van der Waals surface area contributed by atoms with Crippen LogP contribution < -0.4 is 0 Å². The second-order valence-electron chi connectivity index (χ2n) is 8.75.